The van der Waals surface area contributed by atoms with Crippen molar-refractivity contribution in [1.82, 2.24) is 0 Å². The SMILES string of the molecule is C=CC[C@@]1(C)CC[C@@]2(C)C(=CC[C@@H]2C(C)C)CC12OCCO2. The minimum absolute atomic E-state index is 0.0287. The highest BCUT2D eigenvalue weighted by Gasteiger charge is 2.58. The fourth-order valence-corrected chi connectivity index (χ4v) is 5.30. The fourth-order valence-electron chi connectivity index (χ4n) is 5.30. The van der Waals surface area contributed by atoms with Crippen LogP contribution in [0.4, 0.5) is 0 Å². The molecule has 1 saturated carbocycles. The van der Waals surface area contributed by atoms with Gasteiger partial charge >= 0.3 is 0 Å². The van der Waals surface area contributed by atoms with Crippen LogP contribution in [0.25, 0.3) is 0 Å². The van der Waals surface area contributed by atoms with Crippen LogP contribution in [0.1, 0.15) is 59.8 Å². The molecule has 22 heavy (non-hydrogen) atoms. The van der Waals surface area contributed by atoms with Crippen molar-refractivity contribution in [3.63, 3.8) is 0 Å². The van der Waals surface area contributed by atoms with Crippen molar-refractivity contribution < 1.29 is 9.47 Å². The summed E-state index contributed by atoms with van der Waals surface area (Å²) in [5.41, 5.74) is 1.93. The molecule has 3 rings (SSSR count). The summed E-state index contributed by atoms with van der Waals surface area (Å²) in [5, 5.41) is 0. The van der Waals surface area contributed by atoms with Gasteiger partial charge in [0, 0.05) is 11.8 Å². The van der Waals surface area contributed by atoms with E-state index in [0.717, 1.165) is 44.3 Å². The van der Waals surface area contributed by atoms with Crippen molar-refractivity contribution in [2.45, 2.75) is 65.6 Å². The number of allylic oxidation sites excluding steroid dienone is 2. The molecule has 3 aliphatic rings. The second-order valence-corrected chi connectivity index (χ2v) is 8.41. The van der Waals surface area contributed by atoms with E-state index in [1.807, 2.05) is 6.08 Å². The van der Waals surface area contributed by atoms with Crippen LogP contribution in [-0.2, 0) is 9.47 Å². The maximum absolute atomic E-state index is 6.27. The molecule has 2 nitrogen and oxygen atoms in total. The van der Waals surface area contributed by atoms with Crippen LogP contribution in [0.15, 0.2) is 24.3 Å². The van der Waals surface area contributed by atoms with Crippen molar-refractivity contribution in [2.24, 2.45) is 22.7 Å². The molecule has 3 atom stereocenters. The zero-order valence-electron chi connectivity index (χ0n) is 14.8. The van der Waals surface area contributed by atoms with E-state index in [2.05, 4.69) is 40.3 Å². The Morgan fingerprint density at radius 1 is 1.27 bits per heavy atom. The fraction of sp³-hybridized carbons (Fsp3) is 0.800. The van der Waals surface area contributed by atoms with Crippen LogP contribution in [-0.4, -0.2) is 19.0 Å². The van der Waals surface area contributed by atoms with Crippen molar-refractivity contribution in [3.8, 4) is 0 Å². The minimum atomic E-state index is -0.434. The molecule has 2 aliphatic carbocycles. The second-order valence-electron chi connectivity index (χ2n) is 8.41. The van der Waals surface area contributed by atoms with E-state index >= 15 is 0 Å². The summed E-state index contributed by atoms with van der Waals surface area (Å²) >= 11 is 0. The normalized spacial score (nSPS) is 40.6. The highest BCUT2D eigenvalue weighted by molar-refractivity contribution is 5.27. The van der Waals surface area contributed by atoms with Crippen molar-refractivity contribution in [3.05, 3.63) is 24.3 Å². The zero-order chi connectivity index (χ0) is 16.0. The Labute approximate surface area is 136 Å². The van der Waals surface area contributed by atoms with Crippen LogP contribution < -0.4 is 0 Å². The molecule has 0 bridgehead atoms. The van der Waals surface area contributed by atoms with Crippen molar-refractivity contribution in [1.29, 1.82) is 0 Å². The lowest BCUT2D eigenvalue weighted by molar-refractivity contribution is -0.231. The topological polar surface area (TPSA) is 18.5 Å². The number of hydrogen-bond acceptors (Lipinski definition) is 2. The zero-order valence-corrected chi connectivity index (χ0v) is 14.8. The Balaban J connectivity index is 1.98. The largest absolute Gasteiger partial charge is 0.347 e. The van der Waals surface area contributed by atoms with E-state index in [9.17, 15) is 0 Å². The summed E-state index contributed by atoms with van der Waals surface area (Å²) in [4.78, 5) is 0. The molecule has 1 aliphatic heterocycles. The van der Waals surface area contributed by atoms with E-state index in [4.69, 9.17) is 9.47 Å². The monoisotopic (exact) mass is 304 g/mol. The first-order valence-electron chi connectivity index (χ1n) is 8.95. The highest BCUT2D eigenvalue weighted by Crippen LogP contribution is 2.61. The average Bonchev–Trinajstić information content (AvgIpc) is 3.03. The third-order valence-corrected chi connectivity index (χ3v) is 6.86. The first-order valence-corrected chi connectivity index (χ1v) is 8.95. The van der Waals surface area contributed by atoms with Gasteiger partial charge in [-0.15, -0.1) is 6.58 Å². The first-order chi connectivity index (χ1) is 10.4. The van der Waals surface area contributed by atoms with Crippen LogP contribution in [0.5, 0.6) is 0 Å². The van der Waals surface area contributed by atoms with Crippen LogP contribution >= 0.6 is 0 Å². The molecule has 124 valence electrons. The van der Waals surface area contributed by atoms with Crippen molar-refractivity contribution in [2.75, 3.05) is 13.2 Å². The molecule has 2 heteroatoms. The van der Waals surface area contributed by atoms with Gasteiger partial charge in [-0.25, -0.2) is 0 Å². The molecule has 0 unspecified atom stereocenters. The summed E-state index contributed by atoms with van der Waals surface area (Å²) in [5.74, 6) is 1.05. The van der Waals surface area contributed by atoms with Gasteiger partial charge in [-0.3, -0.25) is 0 Å². The van der Waals surface area contributed by atoms with Gasteiger partial charge in [-0.2, -0.15) is 0 Å². The molecule has 0 aromatic heterocycles. The molecule has 0 N–H and O–H groups in total. The van der Waals surface area contributed by atoms with Gasteiger partial charge in [0.1, 0.15) is 0 Å². The van der Waals surface area contributed by atoms with E-state index in [1.165, 1.54) is 12.8 Å². The molecule has 1 heterocycles. The van der Waals surface area contributed by atoms with Gasteiger partial charge in [0.2, 0.25) is 0 Å². The Morgan fingerprint density at radius 3 is 2.55 bits per heavy atom. The number of fused-ring (bicyclic) bond motifs is 1. The maximum Gasteiger partial charge on any atom is 0.177 e. The number of hydrogen-bond donors (Lipinski definition) is 0. The minimum Gasteiger partial charge on any atom is -0.347 e. The molecule has 0 amide bonds. The van der Waals surface area contributed by atoms with Crippen LogP contribution in [0, 0.1) is 22.7 Å². The molecule has 0 aromatic rings. The predicted octanol–water partition coefficient (Wildman–Crippen LogP) is 5.10. The summed E-state index contributed by atoms with van der Waals surface area (Å²) in [6.07, 6.45) is 10.1. The highest BCUT2D eigenvalue weighted by atomic mass is 16.7. The van der Waals surface area contributed by atoms with E-state index in [1.54, 1.807) is 5.57 Å². The maximum atomic E-state index is 6.27. The third-order valence-electron chi connectivity index (χ3n) is 6.86. The average molecular weight is 304 g/mol. The first kappa shape index (κ1) is 16.3. The molecule has 1 spiro atoms. The summed E-state index contributed by atoms with van der Waals surface area (Å²) in [7, 11) is 0. The van der Waals surface area contributed by atoms with Gasteiger partial charge < -0.3 is 9.47 Å². The number of rotatable bonds is 3. The Bertz CT molecular complexity index is 472. The van der Waals surface area contributed by atoms with E-state index < -0.39 is 5.79 Å². The lowest BCUT2D eigenvalue weighted by Crippen LogP contribution is -2.47. The van der Waals surface area contributed by atoms with E-state index in [-0.39, 0.29) is 5.41 Å². The molecular weight excluding hydrogens is 272 g/mol. The lowest BCUT2D eigenvalue weighted by atomic mass is 9.67. The summed E-state index contributed by atoms with van der Waals surface area (Å²) < 4.78 is 12.5. The standard InChI is InChI=1S/C20H32O2/c1-6-9-18(4)10-11-19(5)16(7-8-17(19)15(2)3)14-20(18)21-12-13-22-20/h6-7,15,17H,1,8-14H2,2-5H3/t17-,18+,19+/m1/s1. The second kappa shape index (κ2) is 5.49. The molecule has 2 fully saturated rings. The molecule has 0 radical (unpaired) electrons. The van der Waals surface area contributed by atoms with Crippen LogP contribution in [0.3, 0.4) is 0 Å². The lowest BCUT2D eigenvalue weighted by Gasteiger charge is -2.43. The molecule has 1 saturated heterocycles. The smallest absolute Gasteiger partial charge is 0.177 e. The van der Waals surface area contributed by atoms with Gasteiger partial charge in [-0.05, 0) is 42.9 Å². The number of ether oxygens (including phenoxy) is 2. The molecule has 0 aromatic carbocycles. The van der Waals surface area contributed by atoms with Gasteiger partial charge in [-0.1, -0.05) is 45.4 Å². The summed E-state index contributed by atoms with van der Waals surface area (Å²) in [6, 6.07) is 0. The molecular formula is C20H32O2. The van der Waals surface area contributed by atoms with E-state index in [0.29, 0.717) is 5.41 Å². The quantitative estimate of drug-likeness (QED) is 0.675. The Morgan fingerprint density at radius 2 is 1.95 bits per heavy atom. The van der Waals surface area contributed by atoms with Gasteiger partial charge in [0.25, 0.3) is 0 Å². The Kier molecular flexibility index (Phi) is 4.06. The van der Waals surface area contributed by atoms with Gasteiger partial charge in [0.15, 0.2) is 5.79 Å². The Hall–Kier alpha value is -0.600. The summed E-state index contributed by atoms with van der Waals surface area (Å²) in [6.45, 7) is 15.0. The predicted molar refractivity (Wildman–Crippen MR) is 90.5 cm³/mol. The van der Waals surface area contributed by atoms with Crippen LogP contribution in [0.2, 0.25) is 0 Å². The third kappa shape index (κ3) is 2.22. The van der Waals surface area contributed by atoms with Gasteiger partial charge in [0.05, 0.1) is 13.2 Å². The van der Waals surface area contributed by atoms with Crippen molar-refractivity contribution >= 4 is 0 Å².